The number of carbonyl (C=O) groups excluding carboxylic acids is 1. The van der Waals surface area contributed by atoms with Crippen molar-refractivity contribution < 1.29 is 4.79 Å². The summed E-state index contributed by atoms with van der Waals surface area (Å²) in [4.78, 5) is 21.3. The van der Waals surface area contributed by atoms with Gasteiger partial charge in [0.15, 0.2) is 5.82 Å². The summed E-state index contributed by atoms with van der Waals surface area (Å²) in [5.74, 6) is 2.31. The molecular weight excluding hydrogens is 426 g/mol. The maximum Gasteiger partial charge on any atom is 0.255 e. The lowest BCUT2D eigenvalue weighted by Gasteiger charge is -2.09. The molecule has 34 heavy (non-hydrogen) atoms. The van der Waals surface area contributed by atoms with Crippen molar-refractivity contribution >= 4 is 34.9 Å². The average molecular weight is 454 g/mol. The molecule has 0 radical (unpaired) electrons. The van der Waals surface area contributed by atoms with Crippen LogP contribution in [0.3, 0.4) is 0 Å². The van der Waals surface area contributed by atoms with Gasteiger partial charge in [-0.1, -0.05) is 30.5 Å². The normalized spacial score (nSPS) is 13.6. The van der Waals surface area contributed by atoms with Gasteiger partial charge in [0.1, 0.15) is 5.82 Å². The second-order valence-electron chi connectivity index (χ2n) is 8.61. The van der Waals surface area contributed by atoms with Gasteiger partial charge in [0, 0.05) is 40.8 Å². The number of aromatic nitrogens is 4. The predicted molar refractivity (Wildman–Crippen MR) is 134 cm³/mol. The van der Waals surface area contributed by atoms with Gasteiger partial charge in [0.2, 0.25) is 5.95 Å². The number of amides is 1. The van der Waals surface area contributed by atoms with Crippen LogP contribution in [0.5, 0.6) is 0 Å². The minimum atomic E-state index is -0.138. The van der Waals surface area contributed by atoms with Gasteiger partial charge in [0.05, 0.1) is 0 Å². The van der Waals surface area contributed by atoms with E-state index in [1.807, 2.05) is 49.4 Å². The molecule has 5 rings (SSSR count). The molecule has 172 valence electrons. The molecule has 1 fully saturated rings. The van der Waals surface area contributed by atoms with E-state index in [0.29, 0.717) is 28.9 Å². The number of hydrogen-bond donors (Lipinski definition) is 4. The number of nitrogens with zero attached hydrogens (tertiary/aromatic N) is 3. The fraction of sp³-hybridized carbons (Fsp3) is 0.231. The zero-order valence-corrected chi connectivity index (χ0v) is 19.0. The standard InChI is InChI=1S/C26H27N7O/c1-17-5-4-8-19(15-17)25(34)28-20-9-11-21(12-10-20)29-26-27-14-13-23(31-26)30-24-16-22(32-33-24)18-6-2-3-7-18/h4-5,8-16,18H,2-3,6-7H2,1H3,(H,28,34)(H3,27,29,30,31,32,33). The first kappa shape index (κ1) is 21.6. The summed E-state index contributed by atoms with van der Waals surface area (Å²) in [6.45, 7) is 1.96. The Labute approximate surface area is 198 Å². The van der Waals surface area contributed by atoms with Gasteiger partial charge in [-0.25, -0.2) is 4.98 Å². The lowest BCUT2D eigenvalue weighted by molar-refractivity contribution is 0.102. The van der Waals surface area contributed by atoms with Crippen molar-refractivity contribution in [2.45, 2.75) is 38.5 Å². The zero-order chi connectivity index (χ0) is 23.3. The van der Waals surface area contributed by atoms with Crippen LogP contribution in [-0.2, 0) is 0 Å². The minimum Gasteiger partial charge on any atom is -0.324 e. The molecule has 4 N–H and O–H groups in total. The number of carbonyl (C=O) groups is 1. The number of hydrogen-bond acceptors (Lipinski definition) is 6. The number of anilines is 5. The van der Waals surface area contributed by atoms with Crippen molar-refractivity contribution in [1.82, 2.24) is 20.2 Å². The molecule has 0 atom stereocenters. The first-order valence-corrected chi connectivity index (χ1v) is 11.5. The Balaban J connectivity index is 1.20. The zero-order valence-electron chi connectivity index (χ0n) is 19.0. The van der Waals surface area contributed by atoms with Crippen LogP contribution in [0.15, 0.2) is 66.9 Å². The number of aryl methyl sites for hydroxylation is 1. The third-order valence-electron chi connectivity index (χ3n) is 5.98. The van der Waals surface area contributed by atoms with Crippen molar-refractivity contribution in [2.24, 2.45) is 0 Å². The van der Waals surface area contributed by atoms with Crippen molar-refractivity contribution in [2.75, 3.05) is 16.0 Å². The van der Waals surface area contributed by atoms with Gasteiger partial charge in [0.25, 0.3) is 5.91 Å². The van der Waals surface area contributed by atoms with Gasteiger partial charge < -0.3 is 16.0 Å². The fourth-order valence-electron chi connectivity index (χ4n) is 4.22. The Morgan fingerprint density at radius 1 is 0.941 bits per heavy atom. The lowest BCUT2D eigenvalue weighted by atomic mass is 10.0. The summed E-state index contributed by atoms with van der Waals surface area (Å²) in [6.07, 6.45) is 6.70. The van der Waals surface area contributed by atoms with E-state index < -0.39 is 0 Å². The van der Waals surface area contributed by atoms with Gasteiger partial charge in [-0.15, -0.1) is 0 Å². The van der Waals surface area contributed by atoms with Crippen LogP contribution in [0.25, 0.3) is 0 Å². The van der Waals surface area contributed by atoms with E-state index in [2.05, 4.69) is 42.2 Å². The number of benzene rings is 2. The fourth-order valence-corrected chi connectivity index (χ4v) is 4.22. The van der Waals surface area contributed by atoms with Gasteiger partial charge in [-0.05, 0) is 62.2 Å². The molecule has 0 spiro atoms. The van der Waals surface area contributed by atoms with Crippen molar-refractivity contribution in [3.63, 3.8) is 0 Å². The molecule has 4 aromatic rings. The second-order valence-corrected chi connectivity index (χ2v) is 8.61. The third kappa shape index (κ3) is 5.23. The third-order valence-corrected chi connectivity index (χ3v) is 5.98. The van der Waals surface area contributed by atoms with E-state index in [9.17, 15) is 4.79 Å². The molecule has 0 unspecified atom stereocenters. The molecule has 0 bridgehead atoms. The second kappa shape index (κ2) is 9.74. The Bertz CT molecular complexity index is 1280. The highest BCUT2D eigenvalue weighted by atomic mass is 16.1. The maximum atomic E-state index is 12.4. The van der Waals surface area contributed by atoms with E-state index in [4.69, 9.17) is 0 Å². The summed E-state index contributed by atoms with van der Waals surface area (Å²) in [6, 6.07) is 18.8. The lowest BCUT2D eigenvalue weighted by Crippen LogP contribution is -2.11. The first-order valence-electron chi connectivity index (χ1n) is 11.5. The Morgan fingerprint density at radius 2 is 1.74 bits per heavy atom. The molecule has 2 heterocycles. The monoisotopic (exact) mass is 453 g/mol. The van der Waals surface area contributed by atoms with Crippen LogP contribution in [-0.4, -0.2) is 26.1 Å². The van der Waals surface area contributed by atoms with E-state index in [-0.39, 0.29) is 5.91 Å². The summed E-state index contributed by atoms with van der Waals surface area (Å²) in [7, 11) is 0. The molecule has 1 saturated carbocycles. The van der Waals surface area contributed by atoms with Gasteiger partial charge in [-0.2, -0.15) is 10.1 Å². The number of nitrogens with one attached hydrogen (secondary N) is 4. The molecule has 1 aliphatic carbocycles. The van der Waals surface area contributed by atoms with Crippen LogP contribution in [0, 0.1) is 6.92 Å². The van der Waals surface area contributed by atoms with E-state index >= 15 is 0 Å². The first-order chi connectivity index (χ1) is 16.6. The van der Waals surface area contributed by atoms with Crippen LogP contribution < -0.4 is 16.0 Å². The molecule has 8 nitrogen and oxygen atoms in total. The summed E-state index contributed by atoms with van der Waals surface area (Å²) in [5, 5.41) is 16.9. The Hall–Kier alpha value is -4.20. The van der Waals surface area contributed by atoms with Gasteiger partial charge in [-0.3, -0.25) is 9.89 Å². The van der Waals surface area contributed by atoms with Crippen LogP contribution in [0.4, 0.5) is 29.0 Å². The minimum absolute atomic E-state index is 0.138. The topological polar surface area (TPSA) is 108 Å². The summed E-state index contributed by atoms with van der Waals surface area (Å²) >= 11 is 0. The highest BCUT2D eigenvalue weighted by Crippen LogP contribution is 2.34. The number of aromatic amines is 1. The van der Waals surface area contributed by atoms with E-state index in [0.717, 1.165) is 17.1 Å². The van der Waals surface area contributed by atoms with Gasteiger partial charge >= 0.3 is 0 Å². The average Bonchev–Trinajstić information content (AvgIpc) is 3.53. The highest BCUT2D eigenvalue weighted by molar-refractivity contribution is 6.04. The smallest absolute Gasteiger partial charge is 0.255 e. The van der Waals surface area contributed by atoms with Crippen molar-refractivity contribution in [3.05, 3.63) is 83.7 Å². The van der Waals surface area contributed by atoms with Crippen LogP contribution >= 0.6 is 0 Å². The summed E-state index contributed by atoms with van der Waals surface area (Å²) < 4.78 is 0. The molecule has 0 aliphatic heterocycles. The Morgan fingerprint density at radius 3 is 2.53 bits per heavy atom. The van der Waals surface area contributed by atoms with Crippen LogP contribution in [0.1, 0.15) is 53.2 Å². The number of H-pyrrole nitrogens is 1. The van der Waals surface area contributed by atoms with Crippen molar-refractivity contribution in [3.8, 4) is 0 Å². The van der Waals surface area contributed by atoms with E-state index in [1.54, 1.807) is 18.3 Å². The molecule has 1 amide bonds. The molecule has 0 saturated heterocycles. The summed E-state index contributed by atoms with van der Waals surface area (Å²) in [5.41, 5.74) is 4.39. The predicted octanol–water partition coefficient (Wildman–Crippen LogP) is 5.91. The quantitative estimate of drug-likeness (QED) is 0.277. The van der Waals surface area contributed by atoms with Crippen molar-refractivity contribution in [1.29, 1.82) is 0 Å². The Kier molecular flexibility index (Phi) is 6.20. The molecule has 2 aromatic heterocycles. The molecule has 1 aliphatic rings. The SMILES string of the molecule is Cc1cccc(C(=O)Nc2ccc(Nc3nccc(Nc4cc(C5CCCC5)[nH]n4)n3)cc2)c1. The maximum absolute atomic E-state index is 12.4. The molecular formula is C26H27N7O. The molecule has 8 heteroatoms. The number of rotatable bonds is 7. The largest absolute Gasteiger partial charge is 0.324 e. The van der Waals surface area contributed by atoms with E-state index in [1.165, 1.54) is 31.4 Å². The van der Waals surface area contributed by atoms with Crippen LogP contribution in [0.2, 0.25) is 0 Å². The molecule has 2 aromatic carbocycles. The highest BCUT2D eigenvalue weighted by Gasteiger charge is 2.19.